The number of rotatable bonds is 5. The summed E-state index contributed by atoms with van der Waals surface area (Å²) in [6.07, 6.45) is 5.16. The van der Waals surface area contributed by atoms with Crippen molar-refractivity contribution in [1.82, 2.24) is 0 Å². The maximum Gasteiger partial charge on any atom is 0.142 e. The quantitative estimate of drug-likeness (QED) is 0.877. The first-order chi connectivity index (χ1) is 9.24. The van der Waals surface area contributed by atoms with Gasteiger partial charge in [-0.3, -0.25) is 0 Å². The van der Waals surface area contributed by atoms with Crippen LogP contribution in [0.2, 0.25) is 0 Å². The summed E-state index contributed by atoms with van der Waals surface area (Å²) in [5.74, 6) is 0.947. The third kappa shape index (κ3) is 3.63. The molecule has 2 unspecified atom stereocenters. The molecule has 0 bridgehead atoms. The lowest BCUT2D eigenvalue weighted by molar-refractivity contribution is 0.0605. The molecule has 0 heterocycles. The summed E-state index contributed by atoms with van der Waals surface area (Å²) >= 11 is 0. The highest BCUT2D eigenvalue weighted by atomic mass is 16.5. The molecule has 1 saturated carbocycles. The third-order valence-corrected chi connectivity index (χ3v) is 3.78. The molecule has 1 fully saturated rings. The van der Waals surface area contributed by atoms with Crippen LogP contribution in [0.25, 0.3) is 0 Å². The molecular formula is C16H25NO2. The van der Waals surface area contributed by atoms with Gasteiger partial charge in [-0.2, -0.15) is 0 Å². The number of hydrogen-bond donors (Lipinski definition) is 1. The third-order valence-electron chi connectivity index (χ3n) is 3.78. The van der Waals surface area contributed by atoms with E-state index in [0.717, 1.165) is 24.3 Å². The number of hydrogen-bond acceptors (Lipinski definition) is 3. The van der Waals surface area contributed by atoms with Crippen LogP contribution in [-0.4, -0.2) is 25.9 Å². The van der Waals surface area contributed by atoms with Crippen LogP contribution in [0.1, 0.15) is 38.2 Å². The molecule has 1 aromatic rings. The monoisotopic (exact) mass is 263 g/mol. The Labute approximate surface area is 116 Å². The van der Waals surface area contributed by atoms with E-state index in [4.69, 9.17) is 9.47 Å². The number of anilines is 1. The number of methoxy groups -OCH3 is 1. The molecule has 1 N–H and O–H groups in total. The van der Waals surface area contributed by atoms with Crippen LogP contribution >= 0.6 is 0 Å². The molecule has 19 heavy (non-hydrogen) atoms. The Hall–Kier alpha value is -1.22. The molecule has 0 spiro atoms. The van der Waals surface area contributed by atoms with Gasteiger partial charge in [0.1, 0.15) is 5.75 Å². The minimum Gasteiger partial charge on any atom is -0.492 e. The van der Waals surface area contributed by atoms with Crippen LogP contribution in [-0.2, 0) is 4.74 Å². The number of aryl methyl sites for hydroxylation is 1. The summed E-state index contributed by atoms with van der Waals surface area (Å²) in [6, 6.07) is 6.72. The fourth-order valence-electron chi connectivity index (χ4n) is 2.77. The molecule has 0 aromatic heterocycles. The topological polar surface area (TPSA) is 30.5 Å². The summed E-state index contributed by atoms with van der Waals surface area (Å²) < 4.78 is 11.3. The van der Waals surface area contributed by atoms with E-state index >= 15 is 0 Å². The first-order valence-electron chi connectivity index (χ1n) is 7.27. The second-order valence-corrected chi connectivity index (χ2v) is 5.24. The van der Waals surface area contributed by atoms with Crippen LogP contribution in [0.15, 0.2) is 18.2 Å². The summed E-state index contributed by atoms with van der Waals surface area (Å²) in [5, 5.41) is 3.61. The van der Waals surface area contributed by atoms with E-state index in [-0.39, 0.29) is 0 Å². The lowest BCUT2D eigenvalue weighted by Gasteiger charge is -2.32. The lowest BCUT2D eigenvalue weighted by Crippen LogP contribution is -2.37. The fraction of sp³-hybridized carbons (Fsp3) is 0.625. The van der Waals surface area contributed by atoms with Gasteiger partial charge in [0, 0.05) is 7.11 Å². The van der Waals surface area contributed by atoms with Gasteiger partial charge in [-0.1, -0.05) is 18.9 Å². The number of nitrogens with one attached hydrogen (secondary N) is 1. The van der Waals surface area contributed by atoms with E-state index in [9.17, 15) is 0 Å². The lowest BCUT2D eigenvalue weighted by atomic mass is 9.92. The summed E-state index contributed by atoms with van der Waals surface area (Å²) in [5.41, 5.74) is 2.31. The van der Waals surface area contributed by atoms with E-state index in [1.807, 2.05) is 14.0 Å². The van der Waals surface area contributed by atoms with E-state index in [1.54, 1.807) is 0 Å². The number of ether oxygens (including phenoxy) is 2. The van der Waals surface area contributed by atoms with Crippen molar-refractivity contribution in [3.05, 3.63) is 23.8 Å². The maximum atomic E-state index is 5.72. The van der Waals surface area contributed by atoms with E-state index in [0.29, 0.717) is 18.8 Å². The molecule has 0 aliphatic heterocycles. The molecule has 3 nitrogen and oxygen atoms in total. The minimum absolute atomic E-state index is 0.310. The van der Waals surface area contributed by atoms with E-state index in [1.165, 1.54) is 18.4 Å². The van der Waals surface area contributed by atoms with Crippen molar-refractivity contribution in [3.63, 3.8) is 0 Å². The molecule has 106 valence electrons. The van der Waals surface area contributed by atoms with Gasteiger partial charge in [0.25, 0.3) is 0 Å². The number of benzene rings is 1. The molecule has 1 aliphatic rings. The van der Waals surface area contributed by atoms with Crippen molar-refractivity contribution in [1.29, 1.82) is 0 Å². The zero-order chi connectivity index (χ0) is 13.7. The fourth-order valence-corrected chi connectivity index (χ4v) is 2.77. The van der Waals surface area contributed by atoms with Crippen molar-refractivity contribution in [2.24, 2.45) is 0 Å². The average molecular weight is 263 g/mol. The molecule has 0 radical (unpaired) electrons. The average Bonchev–Trinajstić information content (AvgIpc) is 2.43. The zero-order valence-electron chi connectivity index (χ0n) is 12.2. The second kappa shape index (κ2) is 6.80. The van der Waals surface area contributed by atoms with Gasteiger partial charge in [0.05, 0.1) is 24.4 Å². The zero-order valence-corrected chi connectivity index (χ0v) is 12.2. The van der Waals surface area contributed by atoms with Crippen molar-refractivity contribution in [2.45, 2.75) is 51.7 Å². The smallest absolute Gasteiger partial charge is 0.142 e. The van der Waals surface area contributed by atoms with Gasteiger partial charge >= 0.3 is 0 Å². The van der Waals surface area contributed by atoms with Gasteiger partial charge in [-0.15, -0.1) is 0 Å². The largest absolute Gasteiger partial charge is 0.492 e. The summed E-state index contributed by atoms with van der Waals surface area (Å²) in [6.45, 7) is 4.80. The molecule has 2 rings (SSSR count). The highest BCUT2D eigenvalue weighted by molar-refractivity contribution is 5.58. The van der Waals surface area contributed by atoms with Crippen LogP contribution < -0.4 is 10.1 Å². The molecule has 0 saturated heterocycles. The summed E-state index contributed by atoms with van der Waals surface area (Å²) in [7, 11) is 1.81. The predicted octanol–water partition coefficient (Wildman–Crippen LogP) is 3.76. The van der Waals surface area contributed by atoms with Gasteiger partial charge in [-0.25, -0.2) is 0 Å². The normalized spacial score (nSPS) is 23.1. The first-order valence-corrected chi connectivity index (χ1v) is 7.27. The predicted molar refractivity (Wildman–Crippen MR) is 79.0 cm³/mol. The van der Waals surface area contributed by atoms with Crippen molar-refractivity contribution < 1.29 is 9.47 Å². The van der Waals surface area contributed by atoms with Crippen molar-refractivity contribution in [2.75, 3.05) is 19.0 Å². The van der Waals surface area contributed by atoms with Crippen LogP contribution in [0.4, 0.5) is 5.69 Å². The first kappa shape index (κ1) is 14.2. The Morgan fingerprint density at radius 3 is 2.79 bits per heavy atom. The Bertz CT molecular complexity index is 406. The van der Waals surface area contributed by atoms with Gasteiger partial charge in [0.15, 0.2) is 0 Å². The molecule has 0 amide bonds. The SMILES string of the molecule is CCOc1cc(C)ccc1NC1CCCCC1OC. The highest BCUT2D eigenvalue weighted by Crippen LogP contribution is 2.30. The van der Waals surface area contributed by atoms with Crippen LogP contribution in [0.3, 0.4) is 0 Å². The summed E-state index contributed by atoms with van der Waals surface area (Å²) in [4.78, 5) is 0. The molecule has 3 heteroatoms. The Balaban J connectivity index is 2.12. The van der Waals surface area contributed by atoms with Crippen LogP contribution in [0.5, 0.6) is 5.75 Å². The Morgan fingerprint density at radius 2 is 2.05 bits per heavy atom. The maximum absolute atomic E-state index is 5.72. The molecule has 2 atom stereocenters. The minimum atomic E-state index is 0.310. The van der Waals surface area contributed by atoms with Gasteiger partial charge in [0.2, 0.25) is 0 Å². The molecule has 1 aromatic carbocycles. The molecule has 1 aliphatic carbocycles. The molecular weight excluding hydrogens is 238 g/mol. The highest BCUT2D eigenvalue weighted by Gasteiger charge is 2.25. The van der Waals surface area contributed by atoms with Crippen molar-refractivity contribution >= 4 is 5.69 Å². The van der Waals surface area contributed by atoms with Gasteiger partial charge < -0.3 is 14.8 Å². The second-order valence-electron chi connectivity index (χ2n) is 5.24. The van der Waals surface area contributed by atoms with Crippen LogP contribution in [0, 0.1) is 6.92 Å². The Kier molecular flexibility index (Phi) is 5.08. The Morgan fingerprint density at radius 1 is 1.26 bits per heavy atom. The van der Waals surface area contributed by atoms with Crippen molar-refractivity contribution in [3.8, 4) is 5.75 Å². The van der Waals surface area contributed by atoms with E-state index < -0.39 is 0 Å². The van der Waals surface area contributed by atoms with Gasteiger partial charge in [-0.05, 0) is 44.4 Å². The standard InChI is InChI=1S/C16H25NO2/c1-4-19-16-11-12(2)9-10-14(16)17-13-7-5-6-8-15(13)18-3/h9-11,13,15,17H,4-8H2,1-3H3. The van der Waals surface area contributed by atoms with E-state index in [2.05, 4.69) is 30.4 Å².